The Balaban J connectivity index is 2.20. The average Bonchev–Trinajstić information content (AvgIpc) is 1.90. The van der Waals surface area contributed by atoms with E-state index >= 15 is 0 Å². The van der Waals surface area contributed by atoms with Crippen molar-refractivity contribution in [3.8, 4) is 0 Å². The van der Waals surface area contributed by atoms with Crippen LogP contribution < -0.4 is 5.48 Å². The molecule has 1 rings (SSSR count). The second-order valence-corrected chi connectivity index (χ2v) is 1.46. The Kier molecular flexibility index (Phi) is 1.90. The van der Waals surface area contributed by atoms with Crippen molar-refractivity contribution in [1.82, 2.24) is 5.48 Å². The Bertz CT molecular complexity index is 62.5. The summed E-state index contributed by atoms with van der Waals surface area (Å²) in [5, 5.41) is 0. The summed E-state index contributed by atoms with van der Waals surface area (Å²) in [6, 6.07) is 0. The summed E-state index contributed by atoms with van der Waals surface area (Å²) in [7, 11) is 0. The van der Waals surface area contributed by atoms with Gasteiger partial charge in [0.1, 0.15) is 0 Å². The first-order valence-corrected chi connectivity index (χ1v) is 2.50. The van der Waals surface area contributed by atoms with Gasteiger partial charge in [-0.25, -0.2) is 0 Å². The second kappa shape index (κ2) is 2.77. The molecule has 0 aromatic carbocycles. The molecule has 2 nitrogen and oxygen atoms in total. The fourth-order valence-corrected chi connectivity index (χ4v) is 0.507. The molecule has 0 amide bonds. The Morgan fingerprint density at radius 1 is 1.43 bits per heavy atom. The van der Waals surface area contributed by atoms with Gasteiger partial charge >= 0.3 is 0 Å². The maximum atomic E-state index is 4.88. The lowest BCUT2D eigenvalue weighted by atomic mass is 10.4. The molecule has 1 aliphatic heterocycles. The van der Waals surface area contributed by atoms with Crippen molar-refractivity contribution in [2.24, 2.45) is 0 Å². The number of hydrogen-bond donors (Lipinski definition) is 1. The molecule has 7 heavy (non-hydrogen) atoms. The minimum absolute atomic E-state index is 0.802. The zero-order valence-corrected chi connectivity index (χ0v) is 4.18. The smallest absolute Gasteiger partial charge is 0.0716 e. The third-order valence-corrected chi connectivity index (χ3v) is 0.856. The van der Waals surface area contributed by atoms with Crippen LogP contribution in [0.15, 0.2) is 12.2 Å². The minimum atomic E-state index is 0.802. The monoisotopic (exact) mass is 99.1 g/mol. The van der Waals surface area contributed by atoms with Gasteiger partial charge < -0.3 is 4.84 Å². The van der Waals surface area contributed by atoms with Crippen molar-refractivity contribution >= 4 is 0 Å². The van der Waals surface area contributed by atoms with E-state index in [1.54, 1.807) is 0 Å². The van der Waals surface area contributed by atoms with E-state index in [9.17, 15) is 0 Å². The van der Waals surface area contributed by atoms with Crippen LogP contribution in [-0.2, 0) is 4.84 Å². The summed E-state index contributed by atoms with van der Waals surface area (Å²) in [5.74, 6) is 0. The van der Waals surface area contributed by atoms with Crippen LogP contribution in [0.1, 0.15) is 6.42 Å². The summed E-state index contributed by atoms with van der Waals surface area (Å²) in [6.07, 6.45) is 5.21. The first-order valence-electron chi connectivity index (χ1n) is 2.50. The molecule has 0 atom stereocenters. The van der Waals surface area contributed by atoms with Crippen molar-refractivity contribution in [2.45, 2.75) is 6.42 Å². The predicted molar refractivity (Wildman–Crippen MR) is 27.7 cm³/mol. The fraction of sp³-hybridized carbons (Fsp3) is 0.600. The first kappa shape index (κ1) is 4.81. The van der Waals surface area contributed by atoms with Crippen molar-refractivity contribution in [3.05, 3.63) is 12.2 Å². The summed E-state index contributed by atoms with van der Waals surface area (Å²) in [6.45, 7) is 1.65. The molecular formula is C5H9NO. The first-order chi connectivity index (χ1) is 3.50. The van der Waals surface area contributed by atoms with Gasteiger partial charge in [-0.2, -0.15) is 5.48 Å². The van der Waals surface area contributed by atoms with Crippen molar-refractivity contribution in [3.63, 3.8) is 0 Å². The summed E-state index contributed by atoms with van der Waals surface area (Å²) < 4.78 is 0. The second-order valence-electron chi connectivity index (χ2n) is 1.46. The SMILES string of the molecule is C1=CCNOCC1. The molecule has 0 aliphatic carbocycles. The third kappa shape index (κ3) is 1.71. The summed E-state index contributed by atoms with van der Waals surface area (Å²) in [5.41, 5.74) is 2.76. The van der Waals surface area contributed by atoms with Gasteiger partial charge in [0.05, 0.1) is 6.61 Å². The Morgan fingerprint density at radius 2 is 2.43 bits per heavy atom. The van der Waals surface area contributed by atoms with Gasteiger partial charge in [0.25, 0.3) is 0 Å². The Hall–Kier alpha value is -0.340. The Morgan fingerprint density at radius 3 is 3.43 bits per heavy atom. The van der Waals surface area contributed by atoms with E-state index in [2.05, 4.69) is 17.6 Å². The zero-order valence-electron chi connectivity index (χ0n) is 4.18. The highest BCUT2D eigenvalue weighted by molar-refractivity contribution is 4.83. The molecule has 0 saturated heterocycles. The lowest BCUT2D eigenvalue weighted by molar-refractivity contribution is 0.0557. The molecule has 2 heteroatoms. The molecule has 1 heterocycles. The van der Waals surface area contributed by atoms with Crippen LogP contribution in [0.25, 0.3) is 0 Å². The molecular weight excluding hydrogens is 90.1 g/mol. The van der Waals surface area contributed by atoms with E-state index in [-0.39, 0.29) is 0 Å². The van der Waals surface area contributed by atoms with Crippen LogP contribution in [0.2, 0.25) is 0 Å². The van der Waals surface area contributed by atoms with E-state index in [1.807, 2.05) is 0 Å². The lowest BCUT2D eigenvalue weighted by Crippen LogP contribution is -2.12. The van der Waals surface area contributed by atoms with Crippen molar-refractivity contribution in [2.75, 3.05) is 13.2 Å². The maximum Gasteiger partial charge on any atom is 0.0716 e. The van der Waals surface area contributed by atoms with Crippen LogP contribution in [-0.4, -0.2) is 13.2 Å². The highest BCUT2D eigenvalue weighted by Crippen LogP contribution is 1.86. The highest BCUT2D eigenvalue weighted by atomic mass is 16.6. The molecule has 0 unspecified atom stereocenters. The molecule has 1 aliphatic rings. The van der Waals surface area contributed by atoms with E-state index < -0.39 is 0 Å². The number of rotatable bonds is 0. The number of hydrogen-bond acceptors (Lipinski definition) is 2. The van der Waals surface area contributed by atoms with Crippen molar-refractivity contribution in [1.29, 1.82) is 0 Å². The topological polar surface area (TPSA) is 21.3 Å². The molecule has 0 aromatic heterocycles. The predicted octanol–water partition coefficient (Wildman–Crippen LogP) is 0.467. The van der Waals surface area contributed by atoms with Crippen LogP contribution in [0.3, 0.4) is 0 Å². The molecule has 0 saturated carbocycles. The summed E-state index contributed by atoms with van der Waals surface area (Å²) >= 11 is 0. The molecule has 0 spiro atoms. The van der Waals surface area contributed by atoms with Gasteiger partial charge in [-0.3, -0.25) is 0 Å². The standard InChI is InChI=1S/C5H9NO/c1-2-4-6-7-5-3-1/h1-2,6H,3-5H2. The van der Waals surface area contributed by atoms with E-state index in [0.717, 1.165) is 19.6 Å². The van der Waals surface area contributed by atoms with Crippen molar-refractivity contribution < 1.29 is 4.84 Å². The molecule has 0 bridgehead atoms. The van der Waals surface area contributed by atoms with Crippen LogP contribution in [0.4, 0.5) is 0 Å². The zero-order chi connectivity index (χ0) is 4.95. The Labute approximate surface area is 43.1 Å². The average molecular weight is 99.1 g/mol. The van der Waals surface area contributed by atoms with Gasteiger partial charge in [-0.05, 0) is 6.42 Å². The highest BCUT2D eigenvalue weighted by Gasteiger charge is 1.86. The number of hydroxylamine groups is 1. The van der Waals surface area contributed by atoms with E-state index in [4.69, 9.17) is 4.84 Å². The molecule has 1 N–H and O–H groups in total. The maximum absolute atomic E-state index is 4.88. The normalized spacial score (nSPS) is 21.7. The van der Waals surface area contributed by atoms with Gasteiger partial charge in [-0.1, -0.05) is 12.2 Å². The molecule has 0 radical (unpaired) electrons. The fourth-order valence-electron chi connectivity index (χ4n) is 0.507. The molecule has 0 aromatic rings. The van der Waals surface area contributed by atoms with Gasteiger partial charge in [0.15, 0.2) is 0 Å². The molecule has 0 fully saturated rings. The van der Waals surface area contributed by atoms with Crippen LogP contribution in [0, 0.1) is 0 Å². The third-order valence-electron chi connectivity index (χ3n) is 0.856. The summed E-state index contributed by atoms with van der Waals surface area (Å²) in [4.78, 5) is 4.88. The number of nitrogens with one attached hydrogen (secondary N) is 1. The van der Waals surface area contributed by atoms with Gasteiger partial charge in [0, 0.05) is 6.54 Å². The van der Waals surface area contributed by atoms with E-state index in [0.29, 0.717) is 0 Å². The van der Waals surface area contributed by atoms with Gasteiger partial charge in [-0.15, -0.1) is 0 Å². The molecule has 40 valence electrons. The lowest BCUT2D eigenvalue weighted by Gasteiger charge is -1.94. The quantitative estimate of drug-likeness (QED) is 0.446. The van der Waals surface area contributed by atoms with E-state index in [1.165, 1.54) is 0 Å². The van der Waals surface area contributed by atoms with Crippen LogP contribution >= 0.6 is 0 Å². The largest absolute Gasteiger partial charge is 0.301 e. The van der Waals surface area contributed by atoms with Crippen LogP contribution in [0.5, 0.6) is 0 Å². The van der Waals surface area contributed by atoms with Gasteiger partial charge in [0.2, 0.25) is 0 Å². The minimum Gasteiger partial charge on any atom is -0.301 e.